The minimum atomic E-state index is -4.60. The van der Waals surface area contributed by atoms with Crippen molar-refractivity contribution < 1.29 is 22.7 Å². The average Bonchev–Trinajstić information content (AvgIpc) is 2.78. The number of esters is 1. The van der Waals surface area contributed by atoms with Crippen LogP contribution in [0.4, 0.5) is 13.2 Å². The summed E-state index contributed by atoms with van der Waals surface area (Å²) in [7, 11) is 1.90. The van der Waals surface area contributed by atoms with E-state index in [1.807, 2.05) is 42.3 Å². The smallest absolute Gasteiger partial charge is 0.417 e. The van der Waals surface area contributed by atoms with E-state index in [0.717, 1.165) is 11.6 Å². The second-order valence-corrected chi connectivity index (χ2v) is 8.20. The number of rotatable bonds is 8. The molecule has 0 fully saturated rings. The van der Waals surface area contributed by atoms with E-state index in [-0.39, 0.29) is 34.3 Å². The highest BCUT2D eigenvalue weighted by Gasteiger charge is 2.35. The zero-order valence-corrected chi connectivity index (χ0v) is 19.3. The first kappa shape index (κ1) is 24.7. The number of aromatic nitrogens is 2. The lowest BCUT2D eigenvalue weighted by Crippen LogP contribution is -2.24. The fraction of sp³-hybridized carbons (Fsp3) is 0.292. The van der Waals surface area contributed by atoms with Crippen molar-refractivity contribution in [3.63, 3.8) is 0 Å². The van der Waals surface area contributed by atoms with Crippen LogP contribution in [-0.4, -0.2) is 47.3 Å². The SMILES string of the molecule is CSc1nc(C)c(C(=O)OCCN(C)Cc2ccccc2)c(-c2ccccc2C(F)(F)F)n1. The molecule has 1 heterocycles. The number of hydrogen-bond donors (Lipinski definition) is 0. The van der Waals surface area contributed by atoms with E-state index in [1.165, 1.54) is 30.0 Å². The summed E-state index contributed by atoms with van der Waals surface area (Å²) in [6.45, 7) is 2.77. The van der Waals surface area contributed by atoms with Gasteiger partial charge in [0.05, 0.1) is 17.0 Å². The Kier molecular flexibility index (Phi) is 8.10. The third-order valence-corrected chi connectivity index (χ3v) is 5.49. The third-order valence-electron chi connectivity index (χ3n) is 4.95. The number of ether oxygens (including phenoxy) is 1. The van der Waals surface area contributed by atoms with Gasteiger partial charge >= 0.3 is 12.1 Å². The van der Waals surface area contributed by atoms with Crippen molar-refractivity contribution in [3.05, 3.63) is 77.0 Å². The summed E-state index contributed by atoms with van der Waals surface area (Å²) in [6, 6.07) is 14.9. The molecule has 3 rings (SSSR count). The highest BCUT2D eigenvalue weighted by Crippen LogP contribution is 2.38. The topological polar surface area (TPSA) is 55.3 Å². The van der Waals surface area contributed by atoms with E-state index in [2.05, 4.69) is 9.97 Å². The Morgan fingerprint density at radius 1 is 1.06 bits per heavy atom. The van der Waals surface area contributed by atoms with E-state index in [9.17, 15) is 18.0 Å². The molecule has 0 saturated carbocycles. The quantitative estimate of drug-likeness (QED) is 0.244. The first-order valence-corrected chi connectivity index (χ1v) is 11.4. The predicted octanol–water partition coefficient (Wildman–Crippen LogP) is 5.48. The number of aryl methyl sites for hydroxylation is 1. The average molecular weight is 476 g/mol. The standard InChI is InChI=1S/C24H24F3N3O2S/c1-16-20(22(31)32-14-13-30(2)15-17-9-5-4-6-10-17)21(29-23(28-16)33-3)18-11-7-8-12-19(18)24(25,26)27/h4-12H,13-15H2,1-3H3. The molecule has 0 spiro atoms. The highest BCUT2D eigenvalue weighted by atomic mass is 32.2. The maximum absolute atomic E-state index is 13.6. The van der Waals surface area contributed by atoms with E-state index in [4.69, 9.17) is 4.74 Å². The molecule has 0 aliphatic carbocycles. The molecule has 174 valence electrons. The van der Waals surface area contributed by atoms with Gasteiger partial charge in [0.2, 0.25) is 0 Å². The van der Waals surface area contributed by atoms with Crippen LogP contribution in [0.15, 0.2) is 59.8 Å². The van der Waals surface area contributed by atoms with Crippen molar-refractivity contribution in [1.29, 1.82) is 0 Å². The Morgan fingerprint density at radius 2 is 1.73 bits per heavy atom. The van der Waals surface area contributed by atoms with E-state index >= 15 is 0 Å². The summed E-state index contributed by atoms with van der Waals surface area (Å²) >= 11 is 1.19. The molecule has 0 aliphatic heterocycles. The lowest BCUT2D eigenvalue weighted by atomic mass is 9.99. The molecule has 0 atom stereocenters. The van der Waals surface area contributed by atoms with E-state index in [1.54, 1.807) is 13.2 Å². The second kappa shape index (κ2) is 10.8. The maximum Gasteiger partial charge on any atom is 0.417 e. The van der Waals surface area contributed by atoms with Gasteiger partial charge in [-0.15, -0.1) is 0 Å². The van der Waals surface area contributed by atoms with E-state index in [0.29, 0.717) is 13.1 Å². The number of benzene rings is 2. The fourth-order valence-electron chi connectivity index (χ4n) is 3.36. The van der Waals surface area contributed by atoms with Gasteiger partial charge in [0, 0.05) is 18.7 Å². The van der Waals surface area contributed by atoms with Gasteiger partial charge < -0.3 is 4.74 Å². The zero-order valence-electron chi connectivity index (χ0n) is 18.5. The van der Waals surface area contributed by atoms with Crippen LogP contribution in [0.3, 0.4) is 0 Å². The molecule has 0 radical (unpaired) electrons. The normalized spacial score (nSPS) is 11.6. The molecule has 2 aromatic carbocycles. The van der Waals surface area contributed by atoms with Crippen LogP contribution in [-0.2, 0) is 17.5 Å². The van der Waals surface area contributed by atoms with Gasteiger partial charge in [0.15, 0.2) is 5.16 Å². The Hall–Kier alpha value is -2.91. The molecule has 0 amide bonds. The van der Waals surface area contributed by atoms with Crippen molar-refractivity contribution in [1.82, 2.24) is 14.9 Å². The van der Waals surface area contributed by atoms with Crippen LogP contribution in [0.1, 0.15) is 27.2 Å². The number of likely N-dealkylation sites (N-methyl/N-ethyl adjacent to an activating group) is 1. The predicted molar refractivity (Wildman–Crippen MR) is 122 cm³/mol. The summed E-state index contributed by atoms with van der Waals surface area (Å²) in [6.07, 6.45) is -2.88. The molecule has 33 heavy (non-hydrogen) atoms. The molecular formula is C24H24F3N3O2S. The lowest BCUT2D eigenvalue weighted by molar-refractivity contribution is -0.137. The molecule has 0 N–H and O–H groups in total. The Labute approximate surface area is 195 Å². The van der Waals surface area contributed by atoms with Crippen LogP contribution >= 0.6 is 11.8 Å². The Balaban J connectivity index is 1.84. The van der Waals surface area contributed by atoms with Crippen LogP contribution in [0.5, 0.6) is 0 Å². The van der Waals surface area contributed by atoms with Crippen molar-refractivity contribution in [2.75, 3.05) is 26.5 Å². The van der Waals surface area contributed by atoms with Gasteiger partial charge in [-0.05, 0) is 31.9 Å². The number of alkyl halides is 3. The van der Waals surface area contributed by atoms with Crippen molar-refractivity contribution in [2.45, 2.75) is 24.8 Å². The summed E-state index contributed by atoms with van der Waals surface area (Å²) in [5.41, 5.74) is 0.196. The van der Waals surface area contributed by atoms with Crippen molar-refractivity contribution >= 4 is 17.7 Å². The molecule has 3 aromatic rings. The monoisotopic (exact) mass is 475 g/mol. The number of thioether (sulfide) groups is 1. The number of nitrogens with zero attached hydrogens (tertiary/aromatic N) is 3. The molecule has 0 bridgehead atoms. The maximum atomic E-state index is 13.6. The van der Waals surface area contributed by atoms with Gasteiger partial charge in [0.25, 0.3) is 0 Å². The van der Waals surface area contributed by atoms with Crippen molar-refractivity contribution in [3.8, 4) is 11.3 Å². The number of carbonyl (C=O) groups is 1. The summed E-state index contributed by atoms with van der Waals surface area (Å²) in [4.78, 5) is 23.4. The first-order valence-electron chi connectivity index (χ1n) is 10.2. The van der Waals surface area contributed by atoms with Gasteiger partial charge in [-0.2, -0.15) is 13.2 Å². The third kappa shape index (κ3) is 6.33. The number of carbonyl (C=O) groups excluding carboxylic acids is 1. The minimum absolute atomic E-state index is 0.0600. The molecular weight excluding hydrogens is 451 g/mol. The number of hydrogen-bond acceptors (Lipinski definition) is 6. The lowest BCUT2D eigenvalue weighted by Gasteiger charge is -2.18. The highest BCUT2D eigenvalue weighted by molar-refractivity contribution is 7.98. The molecule has 1 aromatic heterocycles. The summed E-state index contributed by atoms with van der Waals surface area (Å²) < 4.78 is 46.4. The minimum Gasteiger partial charge on any atom is -0.461 e. The molecule has 0 saturated heterocycles. The largest absolute Gasteiger partial charge is 0.461 e. The molecule has 0 aliphatic rings. The van der Waals surface area contributed by atoms with Gasteiger partial charge in [0.1, 0.15) is 12.2 Å². The molecule has 0 unspecified atom stereocenters. The van der Waals surface area contributed by atoms with Crippen LogP contribution in [0, 0.1) is 6.92 Å². The fourth-order valence-corrected chi connectivity index (χ4v) is 3.77. The second-order valence-electron chi connectivity index (χ2n) is 7.42. The van der Waals surface area contributed by atoms with Crippen molar-refractivity contribution in [2.24, 2.45) is 0 Å². The van der Waals surface area contributed by atoms with Crippen LogP contribution < -0.4 is 0 Å². The number of halogens is 3. The summed E-state index contributed by atoms with van der Waals surface area (Å²) in [5.74, 6) is -0.750. The van der Waals surface area contributed by atoms with Gasteiger partial charge in [-0.3, -0.25) is 4.90 Å². The summed E-state index contributed by atoms with van der Waals surface area (Å²) in [5, 5.41) is 0.277. The zero-order chi connectivity index (χ0) is 24.0. The Morgan fingerprint density at radius 3 is 2.39 bits per heavy atom. The first-order chi connectivity index (χ1) is 15.7. The molecule has 9 heteroatoms. The van der Waals surface area contributed by atoms with Crippen LogP contribution in [0.2, 0.25) is 0 Å². The Bertz CT molecular complexity index is 1110. The van der Waals surface area contributed by atoms with Gasteiger partial charge in [-0.1, -0.05) is 60.3 Å². The van der Waals surface area contributed by atoms with E-state index < -0.39 is 17.7 Å². The molecule has 5 nitrogen and oxygen atoms in total. The van der Waals surface area contributed by atoms with Gasteiger partial charge in [-0.25, -0.2) is 14.8 Å². The van der Waals surface area contributed by atoms with Crippen LogP contribution in [0.25, 0.3) is 11.3 Å².